The highest BCUT2D eigenvalue weighted by Crippen LogP contribution is 2.26. The first-order valence-electron chi connectivity index (χ1n) is 10.2. The molecule has 0 aliphatic heterocycles. The number of rotatable bonds is 10. The van der Waals surface area contributed by atoms with Crippen molar-refractivity contribution in [3.63, 3.8) is 0 Å². The van der Waals surface area contributed by atoms with Crippen LogP contribution in [-0.2, 0) is 24.7 Å². The maximum atomic E-state index is 13.1. The Morgan fingerprint density at radius 1 is 0.969 bits per heavy atom. The van der Waals surface area contributed by atoms with E-state index in [2.05, 4.69) is 5.32 Å². The highest BCUT2D eigenvalue weighted by molar-refractivity contribution is 7.92. The number of hydrogen-bond acceptors (Lipinski definition) is 6. The van der Waals surface area contributed by atoms with E-state index in [0.29, 0.717) is 23.6 Å². The van der Waals surface area contributed by atoms with Gasteiger partial charge in [0.15, 0.2) is 9.84 Å². The molecule has 176 valence electrons. The Labute approximate surface area is 190 Å². The number of benzene rings is 2. The lowest BCUT2D eigenvalue weighted by Crippen LogP contribution is -2.49. The number of carbonyl (C=O) groups excluding carboxylic acids is 1. The third-order valence-corrected chi connectivity index (χ3v) is 7.21. The maximum absolute atomic E-state index is 13.1. The summed E-state index contributed by atoms with van der Waals surface area (Å²) in [6.45, 7) is 5.83. The molecule has 1 N–H and O–H groups in total. The normalized spacial score (nSPS) is 13.8. The van der Waals surface area contributed by atoms with Crippen molar-refractivity contribution in [2.24, 2.45) is 0 Å². The van der Waals surface area contributed by atoms with Crippen LogP contribution in [0.5, 0.6) is 5.75 Å². The van der Waals surface area contributed by atoms with E-state index in [1.165, 1.54) is 12.1 Å². The quantitative estimate of drug-likeness (QED) is 0.558. The minimum atomic E-state index is -3.76. The van der Waals surface area contributed by atoms with E-state index >= 15 is 0 Å². The number of hydrogen-bond donors (Lipinski definition) is 1. The van der Waals surface area contributed by atoms with Crippen LogP contribution in [0.25, 0.3) is 0 Å². The highest BCUT2D eigenvalue weighted by atomic mass is 32.2. The second-order valence-corrected chi connectivity index (χ2v) is 11.4. The molecule has 10 heteroatoms. The van der Waals surface area contributed by atoms with Gasteiger partial charge in [-0.2, -0.15) is 0 Å². The fraction of sp³-hybridized carbons (Fsp3) is 0.409. The third kappa shape index (κ3) is 6.46. The summed E-state index contributed by atoms with van der Waals surface area (Å²) in [5.41, 5.74) is 1.07. The fourth-order valence-electron chi connectivity index (χ4n) is 3.31. The summed E-state index contributed by atoms with van der Waals surface area (Å²) < 4.78 is 55.0. The molecule has 8 nitrogen and oxygen atoms in total. The molecule has 0 aliphatic carbocycles. The predicted molar refractivity (Wildman–Crippen MR) is 125 cm³/mol. The number of ether oxygens (including phenoxy) is 1. The Morgan fingerprint density at radius 3 is 1.97 bits per heavy atom. The van der Waals surface area contributed by atoms with E-state index in [1.54, 1.807) is 50.2 Å². The van der Waals surface area contributed by atoms with Gasteiger partial charge in [-0.3, -0.25) is 9.10 Å². The second-order valence-electron chi connectivity index (χ2n) is 7.48. The molecule has 2 aromatic carbocycles. The van der Waals surface area contributed by atoms with Crippen LogP contribution in [0.1, 0.15) is 38.8 Å². The summed E-state index contributed by atoms with van der Waals surface area (Å²) in [5.74, 6) is 0.153. The Balaban J connectivity index is 2.27. The van der Waals surface area contributed by atoms with Crippen LogP contribution >= 0.6 is 0 Å². The van der Waals surface area contributed by atoms with Gasteiger partial charge in [0.25, 0.3) is 0 Å². The Hall–Kier alpha value is -2.59. The van der Waals surface area contributed by atoms with Crippen molar-refractivity contribution in [2.45, 2.75) is 44.2 Å². The highest BCUT2D eigenvalue weighted by Gasteiger charge is 2.32. The summed E-state index contributed by atoms with van der Waals surface area (Å²) >= 11 is 0. The molecule has 1 amide bonds. The van der Waals surface area contributed by atoms with Gasteiger partial charge in [0.05, 0.1) is 29.5 Å². The lowest BCUT2D eigenvalue weighted by atomic mass is 10.1. The van der Waals surface area contributed by atoms with Crippen molar-refractivity contribution in [1.82, 2.24) is 5.32 Å². The van der Waals surface area contributed by atoms with Gasteiger partial charge < -0.3 is 10.1 Å². The van der Waals surface area contributed by atoms with E-state index < -0.39 is 37.9 Å². The first-order valence-corrected chi connectivity index (χ1v) is 13.9. The predicted octanol–water partition coefficient (Wildman–Crippen LogP) is 2.91. The minimum absolute atomic E-state index is 0.185. The van der Waals surface area contributed by atoms with Crippen LogP contribution in [0.3, 0.4) is 0 Å². The Morgan fingerprint density at radius 2 is 1.53 bits per heavy atom. The summed E-state index contributed by atoms with van der Waals surface area (Å²) in [6, 6.07) is 11.3. The summed E-state index contributed by atoms with van der Waals surface area (Å²) in [5, 5.41) is 2.84. The van der Waals surface area contributed by atoms with Crippen LogP contribution in [0.15, 0.2) is 53.4 Å². The average molecular weight is 483 g/mol. The molecule has 0 aromatic heterocycles. The summed E-state index contributed by atoms with van der Waals surface area (Å²) in [6.07, 6.45) is 2.44. The molecular formula is C22H30N2O6S2. The third-order valence-electron chi connectivity index (χ3n) is 4.90. The van der Waals surface area contributed by atoms with Gasteiger partial charge in [0, 0.05) is 6.26 Å². The van der Waals surface area contributed by atoms with Crippen molar-refractivity contribution in [3.05, 3.63) is 54.1 Å². The minimum Gasteiger partial charge on any atom is -0.494 e. The van der Waals surface area contributed by atoms with Gasteiger partial charge in [-0.05, 0) is 62.2 Å². The number of amides is 1. The molecule has 0 heterocycles. The van der Waals surface area contributed by atoms with Gasteiger partial charge in [-0.15, -0.1) is 0 Å². The monoisotopic (exact) mass is 482 g/mol. The molecule has 0 saturated carbocycles. The Kier molecular flexibility index (Phi) is 8.30. The molecule has 2 aromatic rings. The van der Waals surface area contributed by atoms with Crippen molar-refractivity contribution in [2.75, 3.05) is 23.4 Å². The topological polar surface area (TPSA) is 110 Å². The molecule has 0 radical (unpaired) electrons. The van der Waals surface area contributed by atoms with Crippen LogP contribution in [0, 0.1) is 0 Å². The molecule has 0 aliphatic rings. The lowest BCUT2D eigenvalue weighted by molar-refractivity contribution is -0.122. The zero-order valence-corrected chi connectivity index (χ0v) is 20.5. The van der Waals surface area contributed by atoms with E-state index in [-0.39, 0.29) is 11.3 Å². The zero-order valence-electron chi connectivity index (χ0n) is 18.9. The van der Waals surface area contributed by atoms with Gasteiger partial charge in [-0.25, -0.2) is 16.8 Å². The summed E-state index contributed by atoms with van der Waals surface area (Å²) in [7, 11) is -7.08. The van der Waals surface area contributed by atoms with E-state index in [9.17, 15) is 21.6 Å². The lowest BCUT2D eigenvalue weighted by Gasteiger charge is -2.31. The maximum Gasteiger partial charge on any atom is 0.244 e. The van der Waals surface area contributed by atoms with E-state index in [1.807, 2.05) is 6.92 Å². The number of carbonyl (C=O) groups is 1. The van der Waals surface area contributed by atoms with Crippen molar-refractivity contribution in [3.8, 4) is 5.75 Å². The van der Waals surface area contributed by atoms with Crippen LogP contribution in [0.4, 0.5) is 5.69 Å². The molecule has 0 bridgehead atoms. The molecule has 2 atom stereocenters. The largest absolute Gasteiger partial charge is 0.494 e. The molecule has 2 rings (SSSR count). The molecular weight excluding hydrogens is 452 g/mol. The number of sulfonamides is 1. The van der Waals surface area contributed by atoms with Gasteiger partial charge in [0.2, 0.25) is 15.9 Å². The molecule has 0 spiro atoms. The molecule has 0 fully saturated rings. The Bertz CT molecular complexity index is 1130. The van der Waals surface area contributed by atoms with Crippen LogP contribution in [0.2, 0.25) is 0 Å². The van der Waals surface area contributed by atoms with Crippen molar-refractivity contribution < 1.29 is 26.4 Å². The van der Waals surface area contributed by atoms with E-state index in [0.717, 1.165) is 16.8 Å². The smallest absolute Gasteiger partial charge is 0.244 e. The number of nitrogens with zero attached hydrogens (tertiary/aromatic N) is 1. The number of sulfone groups is 1. The van der Waals surface area contributed by atoms with Gasteiger partial charge in [0.1, 0.15) is 11.8 Å². The first kappa shape index (κ1) is 25.7. The van der Waals surface area contributed by atoms with Crippen molar-refractivity contribution >= 4 is 31.5 Å². The van der Waals surface area contributed by atoms with Crippen LogP contribution in [-0.4, -0.2) is 47.9 Å². The first-order chi connectivity index (χ1) is 14.9. The van der Waals surface area contributed by atoms with Crippen molar-refractivity contribution in [1.29, 1.82) is 0 Å². The van der Waals surface area contributed by atoms with Crippen LogP contribution < -0.4 is 14.4 Å². The molecule has 0 unspecified atom stereocenters. The number of nitrogens with one attached hydrogen (secondary N) is 1. The van der Waals surface area contributed by atoms with Gasteiger partial charge >= 0.3 is 0 Å². The SMILES string of the molecule is CCOc1ccc(N([C@H](CC)C(=O)N[C@@H](C)c2ccc(S(C)(=O)=O)cc2)S(C)(=O)=O)cc1. The molecule has 0 saturated heterocycles. The van der Waals surface area contributed by atoms with Gasteiger partial charge in [-0.1, -0.05) is 19.1 Å². The van der Waals surface area contributed by atoms with E-state index in [4.69, 9.17) is 4.74 Å². The second kappa shape index (κ2) is 10.4. The standard InChI is InChI=1S/C22H30N2O6S2/c1-6-21(24(32(5,28)29)18-10-12-19(13-11-18)30-7-2)22(25)23-16(3)17-8-14-20(15-9-17)31(4,26)27/h8-16,21H,6-7H2,1-5H3,(H,23,25)/t16-,21+/m0/s1. The number of anilines is 1. The average Bonchev–Trinajstić information content (AvgIpc) is 2.71. The summed E-state index contributed by atoms with van der Waals surface area (Å²) in [4.78, 5) is 13.3. The molecule has 32 heavy (non-hydrogen) atoms. The zero-order chi connectivity index (χ0) is 24.1. The fourth-order valence-corrected chi connectivity index (χ4v) is 5.16.